The topological polar surface area (TPSA) is 93.5 Å². The zero-order chi connectivity index (χ0) is 17.2. The van der Waals surface area contributed by atoms with E-state index < -0.39 is 6.61 Å². The van der Waals surface area contributed by atoms with E-state index in [-0.39, 0.29) is 5.88 Å². The van der Waals surface area contributed by atoms with E-state index in [4.69, 9.17) is 0 Å². The fourth-order valence-electron chi connectivity index (χ4n) is 3.14. The third-order valence-corrected chi connectivity index (χ3v) is 4.28. The number of fused-ring (bicyclic) bond motifs is 1. The molecule has 3 heterocycles. The standard InChI is InChI=1S/C15H17F2N7O/c16-15(17)25-13-5-11(22-23-13)20-12-7-18-10-6-19-24(14(10)21-12)8-9-3-1-2-4-9/h5-7,9,15H,1-4,8H2,(H2,20,21,22,23). The van der Waals surface area contributed by atoms with Crippen LogP contribution in [0.1, 0.15) is 25.7 Å². The van der Waals surface area contributed by atoms with E-state index in [9.17, 15) is 8.78 Å². The number of rotatable bonds is 6. The maximum atomic E-state index is 12.2. The number of hydrogen-bond donors (Lipinski definition) is 2. The maximum Gasteiger partial charge on any atom is 0.388 e. The van der Waals surface area contributed by atoms with Crippen molar-refractivity contribution in [1.29, 1.82) is 0 Å². The molecule has 1 aliphatic carbocycles. The van der Waals surface area contributed by atoms with Gasteiger partial charge in [-0.3, -0.25) is 5.10 Å². The lowest BCUT2D eigenvalue weighted by Gasteiger charge is -2.09. The first-order valence-corrected chi connectivity index (χ1v) is 8.13. The average molecular weight is 349 g/mol. The van der Waals surface area contributed by atoms with E-state index in [1.54, 1.807) is 12.4 Å². The molecule has 0 spiro atoms. The minimum atomic E-state index is -2.92. The molecule has 1 fully saturated rings. The number of halogens is 2. The number of H-pyrrole nitrogens is 1. The summed E-state index contributed by atoms with van der Waals surface area (Å²) in [6.45, 7) is -2.09. The first kappa shape index (κ1) is 15.7. The van der Waals surface area contributed by atoms with Crippen LogP contribution in [0.2, 0.25) is 0 Å². The van der Waals surface area contributed by atoms with Gasteiger partial charge in [0.25, 0.3) is 0 Å². The second-order valence-corrected chi connectivity index (χ2v) is 6.06. The maximum absolute atomic E-state index is 12.2. The van der Waals surface area contributed by atoms with Gasteiger partial charge in [-0.15, -0.1) is 5.10 Å². The van der Waals surface area contributed by atoms with E-state index in [0.717, 1.165) is 12.1 Å². The number of anilines is 2. The highest BCUT2D eigenvalue weighted by Gasteiger charge is 2.18. The highest BCUT2D eigenvalue weighted by Crippen LogP contribution is 2.27. The van der Waals surface area contributed by atoms with Crippen molar-refractivity contribution < 1.29 is 13.5 Å². The predicted octanol–water partition coefficient (Wildman–Crippen LogP) is 3.08. The summed E-state index contributed by atoms with van der Waals surface area (Å²) in [4.78, 5) is 8.87. The van der Waals surface area contributed by atoms with Crippen LogP contribution in [0.3, 0.4) is 0 Å². The minimum Gasteiger partial charge on any atom is -0.415 e. The van der Waals surface area contributed by atoms with Gasteiger partial charge in [0.15, 0.2) is 11.5 Å². The molecule has 4 rings (SSSR count). The number of aromatic nitrogens is 6. The van der Waals surface area contributed by atoms with Crippen molar-refractivity contribution in [3.63, 3.8) is 0 Å². The molecule has 2 N–H and O–H groups in total. The summed E-state index contributed by atoms with van der Waals surface area (Å²) in [6, 6.07) is 1.33. The van der Waals surface area contributed by atoms with Gasteiger partial charge in [0, 0.05) is 12.6 Å². The van der Waals surface area contributed by atoms with Crippen LogP contribution in [0.15, 0.2) is 18.5 Å². The van der Waals surface area contributed by atoms with Crippen LogP contribution >= 0.6 is 0 Å². The molecule has 10 heteroatoms. The largest absolute Gasteiger partial charge is 0.415 e. The lowest BCUT2D eigenvalue weighted by Crippen LogP contribution is -2.09. The van der Waals surface area contributed by atoms with Crippen molar-refractivity contribution in [3.8, 4) is 5.88 Å². The van der Waals surface area contributed by atoms with Gasteiger partial charge in [-0.05, 0) is 18.8 Å². The molecule has 3 aromatic rings. The summed E-state index contributed by atoms with van der Waals surface area (Å²) in [5, 5.41) is 13.5. The predicted molar refractivity (Wildman–Crippen MR) is 85.8 cm³/mol. The van der Waals surface area contributed by atoms with Crippen molar-refractivity contribution in [1.82, 2.24) is 29.9 Å². The molecule has 0 aromatic carbocycles. The quantitative estimate of drug-likeness (QED) is 0.710. The van der Waals surface area contributed by atoms with Crippen LogP contribution in [-0.2, 0) is 6.54 Å². The summed E-state index contributed by atoms with van der Waals surface area (Å²) in [6.07, 6.45) is 8.22. The van der Waals surface area contributed by atoms with Crippen molar-refractivity contribution in [2.75, 3.05) is 5.32 Å². The molecule has 0 amide bonds. The van der Waals surface area contributed by atoms with E-state index in [2.05, 4.69) is 35.3 Å². The van der Waals surface area contributed by atoms with Crippen LogP contribution in [0.25, 0.3) is 11.2 Å². The molecule has 0 bridgehead atoms. The molecule has 0 radical (unpaired) electrons. The molecule has 1 aliphatic rings. The van der Waals surface area contributed by atoms with Gasteiger partial charge >= 0.3 is 6.61 Å². The highest BCUT2D eigenvalue weighted by atomic mass is 19.3. The fraction of sp³-hybridized carbons (Fsp3) is 0.467. The van der Waals surface area contributed by atoms with Crippen molar-refractivity contribution in [3.05, 3.63) is 18.5 Å². The fourth-order valence-corrected chi connectivity index (χ4v) is 3.14. The highest BCUT2D eigenvalue weighted by molar-refractivity contribution is 5.71. The molecule has 25 heavy (non-hydrogen) atoms. The van der Waals surface area contributed by atoms with E-state index in [1.165, 1.54) is 31.7 Å². The van der Waals surface area contributed by atoms with E-state index >= 15 is 0 Å². The third kappa shape index (κ3) is 3.52. The molecule has 0 atom stereocenters. The number of ether oxygens (including phenoxy) is 1. The number of aromatic amines is 1. The summed E-state index contributed by atoms with van der Waals surface area (Å²) < 4.78 is 30.5. The Labute approximate surface area is 141 Å². The summed E-state index contributed by atoms with van der Waals surface area (Å²) in [5.74, 6) is 1.28. The Hall–Kier alpha value is -2.78. The van der Waals surface area contributed by atoms with Crippen molar-refractivity contribution in [2.45, 2.75) is 38.8 Å². The van der Waals surface area contributed by atoms with E-state index in [1.807, 2.05) is 4.68 Å². The second-order valence-electron chi connectivity index (χ2n) is 6.06. The molecule has 1 saturated carbocycles. The number of nitrogens with zero attached hydrogens (tertiary/aromatic N) is 5. The third-order valence-electron chi connectivity index (χ3n) is 4.28. The molecular formula is C15H17F2N7O. The molecule has 8 nitrogen and oxygen atoms in total. The van der Waals surface area contributed by atoms with Crippen LogP contribution in [0, 0.1) is 5.92 Å². The smallest absolute Gasteiger partial charge is 0.388 e. The van der Waals surface area contributed by atoms with E-state index in [0.29, 0.717) is 23.2 Å². The van der Waals surface area contributed by atoms with Crippen molar-refractivity contribution in [2.24, 2.45) is 5.92 Å². The zero-order valence-corrected chi connectivity index (χ0v) is 13.3. The first-order valence-electron chi connectivity index (χ1n) is 8.13. The molecule has 132 valence electrons. The van der Waals surface area contributed by atoms with Gasteiger partial charge in [0.2, 0.25) is 5.88 Å². The lowest BCUT2D eigenvalue weighted by atomic mass is 10.1. The molecular weight excluding hydrogens is 332 g/mol. The minimum absolute atomic E-state index is 0.196. The van der Waals surface area contributed by atoms with Gasteiger partial charge < -0.3 is 10.1 Å². The van der Waals surface area contributed by atoms with Gasteiger partial charge in [-0.25, -0.2) is 14.6 Å². The molecule has 3 aromatic heterocycles. The second kappa shape index (κ2) is 6.61. The van der Waals surface area contributed by atoms with Crippen LogP contribution in [0.4, 0.5) is 20.4 Å². The van der Waals surface area contributed by atoms with Crippen LogP contribution in [-0.4, -0.2) is 36.6 Å². The Morgan fingerprint density at radius 1 is 1.32 bits per heavy atom. The van der Waals surface area contributed by atoms with Crippen LogP contribution < -0.4 is 10.1 Å². The average Bonchev–Trinajstić information content (AvgIpc) is 3.30. The summed E-state index contributed by atoms with van der Waals surface area (Å²) >= 11 is 0. The Bertz CT molecular complexity index is 857. The van der Waals surface area contributed by atoms with Crippen molar-refractivity contribution >= 4 is 22.8 Å². The normalized spacial score (nSPS) is 15.3. The molecule has 0 saturated heterocycles. The zero-order valence-electron chi connectivity index (χ0n) is 13.3. The number of nitrogens with one attached hydrogen (secondary N) is 2. The van der Waals surface area contributed by atoms with Gasteiger partial charge in [-0.2, -0.15) is 13.9 Å². The Morgan fingerprint density at radius 3 is 2.96 bits per heavy atom. The summed E-state index contributed by atoms with van der Waals surface area (Å²) in [5.41, 5.74) is 1.41. The lowest BCUT2D eigenvalue weighted by molar-refractivity contribution is -0.0528. The first-order chi connectivity index (χ1) is 12.2. The Balaban J connectivity index is 1.52. The Kier molecular flexibility index (Phi) is 4.16. The van der Waals surface area contributed by atoms with Gasteiger partial charge in [-0.1, -0.05) is 12.8 Å². The number of hydrogen-bond acceptors (Lipinski definition) is 6. The molecule has 0 aliphatic heterocycles. The summed E-state index contributed by atoms with van der Waals surface area (Å²) in [7, 11) is 0. The van der Waals surface area contributed by atoms with Gasteiger partial charge in [0.05, 0.1) is 12.4 Å². The molecule has 0 unspecified atom stereocenters. The van der Waals surface area contributed by atoms with Crippen LogP contribution in [0.5, 0.6) is 5.88 Å². The number of alkyl halides is 2. The SMILES string of the molecule is FC(F)Oc1cc(Nc2cnc3cnn(CC4CCCC4)c3n2)[nH]n1. The van der Waals surface area contributed by atoms with Gasteiger partial charge in [0.1, 0.15) is 11.3 Å². The monoisotopic (exact) mass is 349 g/mol. The Morgan fingerprint density at radius 2 is 2.16 bits per heavy atom.